The number of benzene rings is 1. The van der Waals surface area contributed by atoms with Gasteiger partial charge in [-0.05, 0) is 38.1 Å². The molecule has 0 aliphatic carbocycles. The van der Waals surface area contributed by atoms with Crippen LogP contribution in [0.4, 0.5) is 5.69 Å². The molecule has 0 bridgehead atoms. The van der Waals surface area contributed by atoms with Gasteiger partial charge in [-0.3, -0.25) is 9.59 Å². The van der Waals surface area contributed by atoms with Crippen molar-refractivity contribution in [3.05, 3.63) is 41.1 Å². The molecule has 1 N–H and O–H groups in total. The third-order valence-electron chi connectivity index (χ3n) is 2.09. The summed E-state index contributed by atoms with van der Waals surface area (Å²) >= 11 is 5.73. The molecule has 0 radical (unpaired) electrons. The molecule has 0 aliphatic rings. The van der Waals surface area contributed by atoms with E-state index in [2.05, 4.69) is 5.32 Å². The van der Waals surface area contributed by atoms with Crippen LogP contribution >= 0.6 is 11.6 Å². The van der Waals surface area contributed by atoms with Gasteiger partial charge in [0.25, 0.3) is 5.91 Å². The summed E-state index contributed by atoms with van der Waals surface area (Å²) in [5, 5.41) is 3.17. The maximum absolute atomic E-state index is 11.8. The second-order valence-corrected chi connectivity index (χ2v) is 3.94. The van der Waals surface area contributed by atoms with Gasteiger partial charge in [-0.25, -0.2) is 0 Å². The summed E-state index contributed by atoms with van der Waals surface area (Å²) in [5.74, 6) is -0.854. The fraction of sp³-hybridized carbons (Fsp3) is 0.231. The van der Waals surface area contributed by atoms with E-state index in [-0.39, 0.29) is 11.4 Å². The summed E-state index contributed by atoms with van der Waals surface area (Å²) in [6.07, 6.45) is 1.17. The second-order valence-electron chi connectivity index (χ2n) is 3.50. The molecular formula is C13H14ClNO3. The van der Waals surface area contributed by atoms with Gasteiger partial charge in [0.05, 0.1) is 12.9 Å². The molecule has 18 heavy (non-hydrogen) atoms. The average molecular weight is 268 g/mol. The van der Waals surface area contributed by atoms with Crippen molar-refractivity contribution < 1.29 is 14.3 Å². The van der Waals surface area contributed by atoms with Crippen LogP contribution in [0.15, 0.2) is 36.1 Å². The Balaban J connectivity index is 2.79. The van der Waals surface area contributed by atoms with Crippen LogP contribution in [-0.4, -0.2) is 18.3 Å². The quantitative estimate of drug-likeness (QED) is 0.386. The number of carbonyl (C=O) groups excluding carboxylic acids is 2. The Morgan fingerprint density at radius 1 is 1.33 bits per heavy atom. The summed E-state index contributed by atoms with van der Waals surface area (Å²) in [6, 6.07) is 6.60. The number of amides is 1. The van der Waals surface area contributed by atoms with Crippen molar-refractivity contribution in [2.75, 3.05) is 11.9 Å². The highest BCUT2D eigenvalue weighted by atomic mass is 35.5. The van der Waals surface area contributed by atoms with Crippen LogP contribution in [0.3, 0.4) is 0 Å². The normalized spacial score (nSPS) is 10.9. The van der Waals surface area contributed by atoms with E-state index in [9.17, 15) is 9.59 Å². The van der Waals surface area contributed by atoms with Crippen LogP contribution in [-0.2, 0) is 14.3 Å². The van der Waals surface area contributed by atoms with Gasteiger partial charge >= 0.3 is 0 Å². The monoisotopic (exact) mass is 267 g/mol. The third kappa shape index (κ3) is 4.22. The Morgan fingerprint density at radius 3 is 2.44 bits per heavy atom. The number of hydrogen-bond acceptors (Lipinski definition) is 3. The first kappa shape index (κ1) is 14.3. The molecule has 0 atom stereocenters. The van der Waals surface area contributed by atoms with E-state index < -0.39 is 5.91 Å². The fourth-order valence-corrected chi connectivity index (χ4v) is 1.32. The SMILES string of the molecule is CCOC=C(C(C)=O)C(=O)Nc1ccc(Cl)cc1. The lowest BCUT2D eigenvalue weighted by Crippen LogP contribution is -2.19. The fourth-order valence-electron chi connectivity index (χ4n) is 1.19. The molecule has 1 amide bonds. The van der Waals surface area contributed by atoms with E-state index in [1.54, 1.807) is 31.2 Å². The standard InChI is InChI=1S/C13H14ClNO3/c1-3-18-8-12(9(2)16)13(17)15-11-6-4-10(14)5-7-11/h4-8H,3H2,1-2H3,(H,15,17). The Kier molecular flexibility index (Phi) is 5.39. The van der Waals surface area contributed by atoms with Gasteiger partial charge in [0.2, 0.25) is 0 Å². The van der Waals surface area contributed by atoms with Crippen LogP contribution in [0.5, 0.6) is 0 Å². The molecule has 0 aliphatic heterocycles. The Hall–Kier alpha value is -1.81. The Morgan fingerprint density at radius 2 is 1.94 bits per heavy atom. The highest BCUT2D eigenvalue weighted by Gasteiger charge is 2.15. The maximum Gasteiger partial charge on any atom is 0.262 e. The first-order valence-electron chi connectivity index (χ1n) is 5.44. The summed E-state index contributed by atoms with van der Waals surface area (Å²) in [6.45, 7) is 3.47. The molecule has 0 unspecified atom stereocenters. The molecule has 1 aromatic rings. The second kappa shape index (κ2) is 6.81. The minimum absolute atomic E-state index is 0.0215. The molecule has 0 fully saturated rings. The summed E-state index contributed by atoms with van der Waals surface area (Å²) in [4.78, 5) is 23.1. The van der Waals surface area contributed by atoms with Gasteiger partial charge in [-0.2, -0.15) is 0 Å². The van der Waals surface area contributed by atoms with Gasteiger partial charge in [-0.15, -0.1) is 0 Å². The van der Waals surface area contributed by atoms with E-state index >= 15 is 0 Å². The topological polar surface area (TPSA) is 55.4 Å². The number of nitrogens with one attached hydrogen (secondary N) is 1. The van der Waals surface area contributed by atoms with E-state index in [0.717, 1.165) is 0 Å². The highest BCUT2D eigenvalue weighted by Crippen LogP contribution is 2.14. The van der Waals surface area contributed by atoms with Crippen molar-refractivity contribution in [2.45, 2.75) is 13.8 Å². The highest BCUT2D eigenvalue weighted by molar-refractivity contribution is 6.30. The largest absolute Gasteiger partial charge is 0.501 e. The molecule has 4 nitrogen and oxygen atoms in total. The number of anilines is 1. The number of halogens is 1. The Labute approximate surface area is 111 Å². The molecule has 0 aromatic heterocycles. The van der Waals surface area contributed by atoms with Crippen LogP contribution in [0.1, 0.15) is 13.8 Å². The summed E-state index contributed by atoms with van der Waals surface area (Å²) in [5.41, 5.74) is 0.542. The van der Waals surface area contributed by atoms with Crippen LogP contribution in [0.25, 0.3) is 0 Å². The molecule has 1 rings (SSSR count). The minimum Gasteiger partial charge on any atom is -0.501 e. The van der Waals surface area contributed by atoms with Crippen molar-refractivity contribution in [3.63, 3.8) is 0 Å². The zero-order valence-electron chi connectivity index (χ0n) is 10.2. The Bertz CT molecular complexity index is 466. The summed E-state index contributed by atoms with van der Waals surface area (Å²) in [7, 11) is 0. The lowest BCUT2D eigenvalue weighted by molar-refractivity contribution is -0.119. The smallest absolute Gasteiger partial charge is 0.262 e. The molecule has 96 valence electrons. The molecular weight excluding hydrogens is 254 g/mol. The van der Waals surface area contributed by atoms with Crippen molar-refractivity contribution in [2.24, 2.45) is 0 Å². The minimum atomic E-state index is -0.502. The van der Waals surface area contributed by atoms with Crippen LogP contribution in [0, 0.1) is 0 Å². The van der Waals surface area contributed by atoms with Gasteiger partial charge < -0.3 is 10.1 Å². The zero-order chi connectivity index (χ0) is 13.5. The number of rotatable bonds is 5. The molecule has 0 heterocycles. The molecule has 0 saturated carbocycles. The predicted molar refractivity (Wildman–Crippen MR) is 70.5 cm³/mol. The maximum atomic E-state index is 11.8. The van der Waals surface area contributed by atoms with E-state index in [4.69, 9.17) is 16.3 Å². The van der Waals surface area contributed by atoms with E-state index in [1.807, 2.05) is 0 Å². The van der Waals surface area contributed by atoms with Crippen molar-refractivity contribution in [1.29, 1.82) is 0 Å². The van der Waals surface area contributed by atoms with Gasteiger partial charge in [-0.1, -0.05) is 11.6 Å². The lowest BCUT2D eigenvalue weighted by atomic mass is 10.2. The number of Topliss-reactive ketones (excluding diaryl/α,β-unsaturated/α-hetero) is 1. The molecule has 1 aromatic carbocycles. The number of hydrogen-bond donors (Lipinski definition) is 1. The van der Waals surface area contributed by atoms with Crippen molar-refractivity contribution >= 4 is 29.0 Å². The number of ether oxygens (including phenoxy) is 1. The van der Waals surface area contributed by atoms with Gasteiger partial charge in [0.15, 0.2) is 5.78 Å². The first-order chi connectivity index (χ1) is 8.54. The average Bonchev–Trinajstić information content (AvgIpc) is 2.32. The summed E-state index contributed by atoms with van der Waals surface area (Å²) < 4.78 is 4.97. The third-order valence-corrected chi connectivity index (χ3v) is 2.35. The first-order valence-corrected chi connectivity index (χ1v) is 5.82. The predicted octanol–water partition coefficient (Wildman–Crippen LogP) is 2.79. The molecule has 0 saturated heterocycles. The lowest BCUT2D eigenvalue weighted by Gasteiger charge is -2.06. The van der Waals surface area contributed by atoms with Crippen LogP contribution < -0.4 is 5.32 Å². The van der Waals surface area contributed by atoms with Gasteiger partial charge in [0, 0.05) is 10.7 Å². The van der Waals surface area contributed by atoms with E-state index in [0.29, 0.717) is 17.3 Å². The zero-order valence-corrected chi connectivity index (χ0v) is 11.0. The number of ketones is 1. The molecule has 0 spiro atoms. The van der Waals surface area contributed by atoms with Crippen LogP contribution in [0.2, 0.25) is 5.02 Å². The number of carbonyl (C=O) groups is 2. The van der Waals surface area contributed by atoms with Crippen molar-refractivity contribution in [1.82, 2.24) is 0 Å². The molecule has 5 heteroatoms. The van der Waals surface area contributed by atoms with E-state index in [1.165, 1.54) is 13.2 Å². The van der Waals surface area contributed by atoms with Gasteiger partial charge in [0.1, 0.15) is 5.57 Å². The van der Waals surface area contributed by atoms with Crippen molar-refractivity contribution in [3.8, 4) is 0 Å².